The lowest BCUT2D eigenvalue weighted by atomic mass is 9.99. The smallest absolute Gasteiger partial charge is 0.289 e. The van der Waals surface area contributed by atoms with E-state index in [4.69, 9.17) is 9.15 Å². The molecule has 1 saturated heterocycles. The number of carbonyl (C=O) groups excluding carboxylic acids is 1. The molecule has 1 aliphatic heterocycles. The molecule has 2 aromatic rings. The number of ether oxygens (including phenoxy) is 1. The fourth-order valence-electron chi connectivity index (χ4n) is 2.71. The molecule has 1 aromatic heterocycles. The summed E-state index contributed by atoms with van der Waals surface area (Å²) in [4.78, 5) is 14.0. The van der Waals surface area contributed by atoms with Gasteiger partial charge in [0.25, 0.3) is 5.91 Å². The fourth-order valence-corrected chi connectivity index (χ4v) is 2.71. The number of likely N-dealkylation sites (tertiary alicyclic amines) is 1. The number of hydrogen-bond donors (Lipinski definition) is 0. The van der Waals surface area contributed by atoms with Crippen LogP contribution in [0.25, 0.3) is 0 Å². The van der Waals surface area contributed by atoms with Gasteiger partial charge in [-0.3, -0.25) is 4.79 Å². The maximum Gasteiger partial charge on any atom is 0.289 e. The molecule has 0 radical (unpaired) electrons. The summed E-state index contributed by atoms with van der Waals surface area (Å²) in [6, 6.07) is 9.74. The van der Waals surface area contributed by atoms with Crippen LogP contribution in [0, 0.1) is 11.7 Å². The number of nitrogens with zero attached hydrogens (tertiary/aromatic N) is 1. The predicted molar refractivity (Wildman–Crippen MR) is 79.2 cm³/mol. The van der Waals surface area contributed by atoms with Gasteiger partial charge in [-0.05, 0) is 37.1 Å². The first-order chi connectivity index (χ1) is 10.7. The van der Waals surface area contributed by atoms with Crippen molar-refractivity contribution in [3.8, 4) is 5.75 Å². The van der Waals surface area contributed by atoms with E-state index in [0.29, 0.717) is 18.9 Å². The van der Waals surface area contributed by atoms with Crippen molar-refractivity contribution in [1.29, 1.82) is 0 Å². The molecule has 1 amide bonds. The van der Waals surface area contributed by atoms with E-state index in [1.54, 1.807) is 35.2 Å². The number of carbonyl (C=O) groups is 1. The van der Waals surface area contributed by atoms with Gasteiger partial charge >= 0.3 is 0 Å². The van der Waals surface area contributed by atoms with Gasteiger partial charge in [0, 0.05) is 19.0 Å². The number of para-hydroxylation sites is 1. The first-order valence-electron chi connectivity index (χ1n) is 7.44. The average Bonchev–Trinajstić information content (AvgIpc) is 3.08. The van der Waals surface area contributed by atoms with Gasteiger partial charge in [-0.2, -0.15) is 0 Å². The van der Waals surface area contributed by atoms with Crippen LogP contribution in [0.1, 0.15) is 23.4 Å². The van der Waals surface area contributed by atoms with Gasteiger partial charge in [-0.1, -0.05) is 12.1 Å². The van der Waals surface area contributed by atoms with Crippen LogP contribution in [0.4, 0.5) is 4.39 Å². The normalized spacial score (nSPS) is 18.2. The number of amides is 1. The maximum absolute atomic E-state index is 13.5. The Kier molecular flexibility index (Phi) is 4.42. The molecule has 3 rings (SSSR count). The molecule has 0 saturated carbocycles. The topological polar surface area (TPSA) is 42.7 Å². The number of benzene rings is 1. The zero-order chi connectivity index (χ0) is 15.4. The van der Waals surface area contributed by atoms with E-state index in [0.717, 1.165) is 19.4 Å². The Hall–Kier alpha value is -2.30. The molecular formula is C17H18FNO3. The highest BCUT2D eigenvalue weighted by Gasteiger charge is 2.26. The Morgan fingerprint density at radius 3 is 2.95 bits per heavy atom. The van der Waals surface area contributed by atoms with Gasteiger partial charge in [-0.15, -0.1) is 0 Å². The van der Waals surface area contributed by atoms with Gasteiger partial charge < -0.3 is 14.1 Å². The van der Waals surface area contributed by atoms with Crippen LogP contribution in [0.15, 0.2) is 47.1 Å². The van der Waals surface area contributed by atoms with Crippen molar-refractivity contribution in [2.24, 2.45) is 5.92 Å². The van der Waals surface area contributed by atoms with Crippen molar-refractivity contribution in [3.63, 3.8) is 0 Å². The van der Waals surface area contributed by atoms with Crippen LogP contribution < -0.4 is 4.74 Å². The summed E-state index contributed by atoms with van der Waals surface area (Å²) in [7, 11) is 0. The minimum Gasteiger partial charge on any atom is -0.490 e. The SMILES string of the molecule is O=C(c1ccco1)N1CCCC(COc2ccccc2F)C1. The van der Waals surface area contributed by atoms with E-state index in [9.17, 15) is 9.18 Å². The molecule has 0 bridgehead atoms. The lowest BCUT2D eigenvalue weighted by molar-refractivity contribution is 0.0600. The molecular weight excluding hydrogens is 285 g/mol. The van der Waals surface area contributed by atoms with Crippen LogP contribution in [-0.4, -0.2) is 30.5 Å². The lowest BCUT2D eigenvalue weighted by Gasteiger charge is -2.32. The average molecular weight is 303 g/mol. The van der Waals surface area contributed by atoms with Gasteiger partial charge in [0.2, 0.25) is 0 Å². The minimum absolute atomic E-state index is 0.0967. The monoisotopic (exact) mass is 303 g/mol. The van der Waals surface area contributed by atoms with Gasteiger partial charge in [0.1, 0.15) is 0 Å². The summed E-state index contributed by atoms with van der Waals surface area (Å²) in [5, 5.41) is 0. The molecule has 4 nitrogen and oxygen atoms in total. The summed E-state index contributed by atoms with van der Waals surface area (Å²) in [5.41, 5.74) is 0. The standard InChI is InChI=1S/C17H18FNO3/c18-14-6-1-2-7-15(14)22-12-13-5-3-9-19(11-13)17(20)16-8-4-10-21-16/h1-2,4,6-8,10,13H,3,5,9,11-12H2. The Morgan fingerprint density at radius 2 is 2.18 bits per heavy atom. The van der Waals surface area contributed by atoms with E-state index in [1.807, 2.05) is 0 Å². The highest BCUT2D eigenvalue weighted by atomic mass is 19.1. The molecule has 0 aliphatic carbocycles. The van der Waals surface area contributed by atoms with Crippen LogP contribution in [0.2, 0.25) is 0 Å². The molecule has 1 atom stereocenters. The van der Waals surface area contributed by atoms with Crippen LogP contribution in [-0.2, 0) is 0 Å². The minimum atomic E-state index is -0.359. The first-order valence-corrected chi connectivity index (χ1v) is 7.44. The lowest BCUT2D eigenvalue weighted by Crippen LogP contribution is -2.41. The highest BCUT2D eigenvalue weighted by molar-refractivity contribution is 5.91. The molecule has 0 spiro atoms. The van der Waals surface area contributed by atoms with Crippen molar-refractivity contribution in [2.75, 3.05) is 19.7 Å². The zero-order valence-electron chi connectivity index (χ0n) is 12.2. The second kappa shape index (κ2) is 6.64. The van der Waals surface area contributed by atoms with Crippen LogP contribution in [0.5, 0.6) is 5.75 Å². The number of hydrogen-bond acceptors (Lipinski definition) is 3. The Morgan fingerprint density at radius 1 is 1.32 bits per heavy atom. The van der Waals surface area contributed by atoms with Crippen LogP contribution in [0.3, 0.4) is 0 Å². The highest BCUT2D eigenvalue weighted by Crippen LogP contribution is 2.22. The van der Waals surface area contributed by atoms with Gasteiger partial charge in [0.05, 0.1) is 12.9 Å². The second-order valence-electron chi connectivity index (χ2n) is 5.48. The number of piperidine rings is 1. The van der Waals surface area contributed by atoms with Crippen molar-refractivity contribution in [2.45, 2.75) is 12.8 Å². The summed E-state index contributed by atoms with van der Waals surface area (Å²) in [6.45, 7) is 1.73. The third kappa shape index (κ3) is 3.30. The molecule has 1 fully saturated rings. The Labute approximate surface area is 128 Å². The Balaban J connectivity index is 1.57. The van der Waals surface area contributed by atoms with Crippen molar-refractivity contribution >= 4 is 5.91 Å². The number of rotatable bonds is 4. The predicted octanol–water partition coefficient (Wildman–Crippen LogP) is 3.35. The summed E-state index contributed by atoms with van der Waals surface area (Å²) >= 11 is 0. The first kappa shape index (κ1) is 14.6. The quantitative estimate of drug-likeness (QED) is 0.870. The third-order valence-corrected chi connectivity index (χ3v) is 3.85. The Bertz CT molecular complexity index is 627. The molecule has 5 heteroatoms. The number of halogens is 1. The summed E-state index contributed by atoms with van der Waals surface area (Å²) in [5.74, 6) is 0.363. The zero-order valence-corrected chi connectivity index (χ0v) is 12.2. The second-order valence-corrected chi connectivity index (χ2v) is 5.48. The number of furan rings is 1. The maximum atomic E-state index is 13.5. The largest absolute Gasteiger partial charge is 0.490 e. The van der Waals surface area contributed by atoms with E-state index in [1.165, 1.54) is 12.3 Å². The van der Waals surface area contributed by atoms with Crippen LogP contribution >= 0.6 is 0 Å². The molecule has 0 N–H and O–H groups in total. The summed E-state index contributed by atoms with van der Waals surface area (Å²) < 4.78 is 24.2. The molecule has 1 aliphatic rings. The summed E-state index contributed by atoms with van der Waals surface area (Å²) in [6.07, 6.45) is 3.38. The molecule has 22 heavy (non-hydrogen) atoms. The molecule has 1 aromatic carbocycles. The third-order valence-electron chi connectivity index (χ3n) is 3.85. The van der Waals surface area contributed by atoms with E-state index < -0.39 is 0 Å². The molecule has 116 valence electrons. The molecule has 1 unspecified atom stereocenters. The van der Waals surface area contributed by atoms with E-state index in [2.05, 4.69) is 0 Å². The van der Waals surface area contributed by atoms with Gasteiger partial charge in [0.15, 0.2) is 17.3 Å². The van der Waals surface area contributed by atoms with E-state index >= 15 is 0 Å². The van der Waals surface area contributed by atoms with Crippen molar-refractivity contribution in [1.82, 2.24) is 4.90 Å². The van der Waals surface area contributed by atoms with Gasteiger partial charge in [-0.25, -0.2) is 4.39 Å². The molecule has 2 heterocycles. The van der Waals surface area contributed by atoms with E-state index in [-0.39, 0.29) is 23.4 Å². The van der Waals surface area contributed by atoms with Crippen molar-refractivity contribution in [3.05, 3.63) is 54.2 Å². The van der Waals surface area contributed by atoms with Crippen molar-refractivity contribution < 1.29 is 18.3 Å². The fraction of sp³-hybridized carbons (Fsp3) is 0.353.